The van der Waals surface area contributed by atoms with Crippen LogP contribution in [0, 0.1) is 10.1 Å². The Morgan fingerprint density at radius 2 is 1.89 bits per heavy atom. The summed E-state index contributed by atoms with van der Waals surface area (Å²) in [5.74, 6) is -1.38. The first-order chi connectivity index (χ1) is 12.2. The lowest BCUT2D eigenvalue weighted by Gasteiger charge is -2.36. The molecular formula is C16H26N2O7SSi. The van der Waals surface area contributed by atoms with Gasteiger partial charge < -0.3 is 9.53 Å². The molecule has 0 bridgehead atoms. The molecule has 1 atom stereocenters. The van der Waals surface area contributed by atoms with Crippen LogP contribution in [0.1, 0.15) is 27.2 Å². The van der Waals surface area contributed by atoms with Crippen molar-refractivity contribution in [3.63, 3.8) is 0 Å². The third-order valence-electron chi connectivity index (χ3n) is 4.62. The minimum atomic E-state index is -4.39. The predicted octanol–water partition coefficient (Wildman–Crippen LogP) is 2.74. The van der Waals surface area contributed by atoms with Gasteiger partial charge in [-0.05, 0) is 30.6 Å². The molecule has 1 unspecified atom stereocenters. The Kier molecular flexibility index (Phi) is 7.28. The van der Waals surface area contributed by atoms with Gasteiger partial charge in [0.25, 0.3) is 5.69 Å². The molecule has 0 aliphatic rings. The maximum atomic E-state index is 12.5. The average Bonchev–Trinajstić information content (AvgIpc) is 2.52. The van der Waals surface area contributed by atoms with Crippen LogP contribution in [0.5, 0.6) is 0 Å². The van der Waals surface area contributed by atoms with Crippen molar-refractivity contribution in [2.45, 2.75) is 56.3 Å². The Morgan fingerprint density at radius 1 is 1.33 bits per heavy atom. The van der Waals surface area contributed by atoms with Gasteiger partial charge in [-0.25, -0.2) is 8.42 Å². The van der Waals surface area contributed by atoms with Crippen molar-refractivity contribution in [2.75, 3.05) is 6.61 Å². The van der Waals surface area contributed by atoms with E-state index in [1.165, 1.54) is 12.1 Å². The lowest BCUT2D eigenvalue weighted by molar-refractivity contribution is -0.387. The first kappa shape index (κ1) is 23.2. The van der Waals surface area contributed by atoms with E-state index in [2.05, 4.69) is 0 Å². The highest BCUT2D eigenvalue weighted by molar-refractivity contribution is 7.89. The maximum absolute atomic E-state index is 12.5. The van der Waals surface area contributed by atoms with Crippen LogP contribution in [0.3, 0.4) is 0 Å². The number of hydrogen-bond donors (Lipinski definition) is 2. The van der Waals surface area contributed by atoms with Gasteiger partial charge in [-0.3, -0.25) is 14.9 Å². The van der Waals surface area contributed by atoms with Crippen molar-refractivity contribution in [3.05, 3.63) is 34.4 Å². The number of carboxylic acids is 1. The van der Waals surface area contributed by atoms with E-state index in [1.807, 2.05) is 38.6 Å². The molecule has 0 spiro atoms. The average molecular weight is 419 g/mol. The largest absolute Gasteiger partial charge is 0.480 e. The molecule has 1 rings (SSSR count). The van der Waals surface area contributed by atoms with Crippen molar-refractivity contribution < 1.29 is 27.7 Å². The van der Waals surface area contributed by atoms with E-state index in [9.17, 15) is 28.4 Å². The van der Waals surface area contributed by atoms with Gasteiger partial charge in [-0.2, -0.15) is 4.72 Å². The Bertz CT molecular complexity index is 803. The second-order valence-electron chi connectivity index (χ2n) is 7.63. The lowest BCUT2D eigenvalue weighted by Crippen LogP contribution is -2.44. The molecule has 0 aliphatic heterocycles. The quantitative estimate of drug-likeness (QED) is 0.357. The molecule has 11 heteroatoms. The van der Waals surface area contributed by atoms with Crippen molar-refractivity contribution in [1.82, 2.24) is 4.72 Å². The first-order valence-corrected chi connectivity index (χ1v) is 12.7. The van der Waals surface area contributed by atoms with Crippen LogP contribution in [0.25, 0.3) is 0 Å². The standard InChI is InChI=1S/C16H26N2O7SSi/c1-16(2,3)27(4,5)25-11-10-12(15(19)20)17-26(23,24)14-9-7-6-8-13(14)18(21)22/h6-9,12,17H,10-11H2,1-5H3,(H,19,20). The summed E-state index contributed by atoms with van der Waals surface area (Å²) in [6, 6.07) is 3.31. The first-order valence-electron chi connectivity index (χ1n) is 8.31. The van der Waals surface area contributed by atoms with E-state index < -0.39 is 45.9 Å². The second-order valence-corrected chi connectivity index (χ2v) is 14.1. The monoisotopic (exact) mass is 418 g/mol. The molecule has 152 valence electrons. The number of nitro benzene ring substituents is 1. The van der Waals surface area contributed by atoms with E-state index in [-0.39, 0.29) is 18.1 Å². The van der Waals surface area contributed by atoms with Gasteiger partial charge in [0.2, 0.25) is 10.0 Å². The van der Waals surface area contributed by atoms with Crippen molar-refractivity contribution in [3.8, 4) is 0 Å². The van der Waals surface area contributed by atoms with E-state index >= 15 is 0 Å². The van der Waals surface area contributed by atoms with Crippen LogP contribution in [0.2, 0.25) is 18.1 Å². The molecule has 0 fully saturated rings. The zero-order chi connectivity index (χ0) is 21.0. The van der Waals surface area contributed by atoms with Crippen LogP contribution in [-0.2, 0) is 19.2 Å². The summed E-state index contributed by atoms with van der Waals surface area (Å²) in [4.78, 5) is 21.1. The number of nitrogens with zero attached hydrogens (tertiary/aromatic N) is 1. The topological polar surface area (TPSA) is 136 Å². The molecule has 2 N–H and O–H groups in total. The number of carboxylic acid groups (broad SMARTS) is 1. The second kappa shape index (κ2) is 8.46. The predicted molar refractivity (Wildman–Crippen MR) is 103 cm³/mol. The van der Waals surface area contributed by atoms with Crippen LogP contribution in [-0.4, -0.2) is 45.4 Å². The summed E-state index contributed by atoms with van der Waals surface area (Å²) in [7, 11) is -6.50. The van der Waals surface area contributed by atoms with Crippen LogP contribution in [0.15, 0.2) is 29.2 Å². The van der Waals surface area contributed by atoms with Gasteiger partial charge >= 0.3 is 5.97 Å². The molecule has 0 saturated heterocycles. The Morgan fingerprint density at radius 3 is 2.37 bits per heavy atom. The lowest BCUT2D eigenvalue weighted by atomic mass is 10.2. The molecule has 27 heavy (non-hydrogen) atoms. The summed E-state index contributed by atoms with van der Waals surface area (Å²) >= 11 is 0. The SMILES string of the molecule is CC(C)(C)[Si](C)(C)OCCC(NS(=O)(=O)c1ccccc1[N+](=O)[O-])C(=O)O. The van der Waals surface area contributed by atoms with Crippen LogP contribution < -0.4 is 4.72 Å². The molecule has 9 nitrogen and oxygen atoms in total. The Balaban J connectivity index is 2.95. The highest BCUT2D eigenvalue weighted by atomic mass is 32.2. The minimum Gasteiger partial charge on any atom is -0.480 e. The molecular weight excluding hydrogens is 392 g/mol. The van der Waals surface area contributed by atoms with E-state index in [0.29, 0.717) is 0 Å². The summed E-state index contributed by atoms with van der Waals surface area (Å²) in [6.07, 6.45) is -0.0955. The van der Waals surface area contributed by atoms with E-state index in [0.717, 1.165) is 12.1 Å². The fourth-order valence-corrected chi connectivity index (χ4v) is 4.42. The summed E-state index contributed by atoms with van der Waals surface area (Å²) in [6.45, 7) is 10.2. The van der Waals surface area contributed by atoms with Gasteiger partial charge in [-0.15, -0.1) is 0 Å². The van der Waals surface area contributed by atoms with E-state index in [1.54, 1.807) is 0 Å². The van der Waals surface area contributed by atoms with Gasteiger partial charge in [0.1, 0.15) is 6.04 Å². The fourth-order valence-electron chi connectivity index (χ4n) is 1.97. The van der Waals surface area contributed by atoms with Gasteiger partial charge in [-0.1, -0.05) is 32.9 Å². The van der Waals surface area contributed by atoms with Crippen molar-refractivity contribution in [1.29, 1.82) is 0 Å². The summed E-state index contributed by atoms with van der Waals surface area (Å²) in [5, 5.41) is 20.3. The molecule has 1 aromatic rings. The van der Waals surface area contributed by atoms with Crippen molar-refractivity contribution >= 4 is 30.0 Å². The number of carbonyl (C=O) groups is 1. The zero-order valence-corrected chi connectivity index (χ0v) is 17.9. The summed E-state index contributed by atoms with van der Waals surface area (Å²) in [5.41, 5.74) is -0.619. The molecule has 0 radical (unpaired) electrons. The third-order valence-corrected chi connectivity index (χ3v) is 10.7. The molecule has 0 aromatic heterocycles. The van der Waals surface area contributed by atoms with Crippen LogP contribution >= 0.6 is 0 Å². The minimum absolute atomic E-state index is 0.0624. The van der Waals surface area contributed by atoms with E-state index in [4.69, 9.17) is 4.43 Å². The molecule has 1 aromatic carbocycles. The number of aliphatic carboxylic acids is 1. The summed E-state index contributed by atoms with van der Waals surface area (Å²) < 4.78 is 32.9. The van der Waals surface area contributed by atoms with Gasteiger partial charge in [0.05, 0.1) is 4.92 Å². The van der Waals surface area contributed by atoms with Crippen LogP contribution in [0.4, 0.5) is 5.69 Å². The molecule has 0 saturated carbocycles. The van der Waals surface area contributed by atoms with Crippen molar-refractivity contribution in [2.24, 2.45) is 0 Å². The Hall–Kier alpha value is -1.82. The number of nitro groups is 1. The number of nitrogens with one attached hydrogen (secondary N) is 1. The number of hydrogen-bond acceptors (Lipinski definition) is 6. The number of benzene rings is 1. The van der Waals surface area contributed by atoms with Gasteiger partial charge in [0, 0.05) is 12.7 Å². The number of sulfonamides is 1. The number of para-hydroxylation sites is 1. The molecule has 0 heterocycles. The number of rotatable bonds is 9. The normalized spacial score (nSPS) is 14.0. The smallest absolute Gasteiger partial charge is 0.321 e. The van der Waals surface area contributed by atoms with Gasteiger partial charge in [0.15, 0.2) is 13.2 Å². The Labute approximate surface area is 160 Å². The zero-order valence-electron chi connectivity index (χ0n) is 16.1. The highest BCUT2D eigenvalue weighted by Gasteiger charge is 2.37. The highest BCUT2D eigenvalue weighted by Crippen LogP contribution is 2.36. The molecule has 0 aliphatic carbocycles. The fraction of sp³-hybridized carbons (Fsp3) is 0.562. The maximum Gasteiger partial charge on any atom is 0.321 e. The third kappa shape index (κ3) is 6.09. The molecule has 0 amide bonds.